The molecule has 1 saturated carbocycles. The number of amides is 1. The molecule has 4 nitrogen and oxygen atoms in total. The van der Waals surface area contributed by atoms with Crippen molar-refractivity contribution in [1.29, 1.82) is 0 Å². The first-order valence-corrected chi connectivity index (χ1v) is 8.17. The second-order valence-corrected chi connectivity index (χ2v) is 6.52. The summed E-state index contributed by atoms with van der Waals surface area (Å²) in [5.74, 6) is 1.35. The van der Waals surface area contributed by atoms with E-state index in [-0.39, 0.29) is 11.8 Å². The quantitative estimate of drug-likeness (QED) is 0.908. The molecular weight excluding hydrogens is 274 g/mol. The third-order valence-corrected chi connectivity index (χ3v) is 4.96. The van der Waals surface area contributed by atoms with Crippen molar-refractivity contribution in [3.63, 3.8) is 0 Å². The van der Waals surface area contributed by atoms with Crippen molar-refractivity contribution in [1.82, 2.24) is 10.2 Å². The number of carbonyl (C=O) groups excluding carboxylic acids is 1. The summed E-state index contributed by atoms with van der Waals surface area (Å²) in [7, 11) is 0. The van der Waals surface area contributed by atoms with E-state index in [9.17, 15) is 4.79 Å². The first kappa shape index (κ1) is 13.6. The minimum atomic E-state index is -0.0505. The molecule has 4 heteroatoms. The van der Waals surface area contributed by atoms with Crippen LogP contribution in [-0.2, 0) is 11.2 Å². The molecule has 0 spiro atoms. The summed E-state index contributed by atoms with van der Waals surface area (Å²) in [5.41, 5.74) is 4.78. The molecule has 0 saturated heterocycles. The van der Waals surface area contributed by atoms with Gasteiger partial charge in [0.2, 0.25) is 5.91 Å². The normalized spacial score (nSPS) is 20.5. The van der Waals surface area contributed by atoms with E-state index >= 15 is 0 Å². The second kappa shape index (κ2) is 5.27. The maximum absolute atomic E-state index is 12.7. The van der Waals surface area contributed by atoms with Gasteiger partial charge in [-0.05, 0) is 50.2 Å². The number of hydrogen-bond acceptors (Lipinski definition) is 2. The van der Waals surface area contributed by atoms with E-state index in [1.807, 2.05) is 13.0 Å². The Morgan fingerprint density at radius 1 is 1.27 bits per heavy atom. The predicted molar refractivity (Wildman–Crippen MR) is 86.1 cm³/mol. The fourth-order valence-corrected chi connectivity index (χ4v) is 3.53. The molecule has 114 valence electrons. The number of benzene rings is 1. The smallest absolute Gasteiger partial charge is 0.233 e. The second-order valence-electron chi connectivity index (χ2n) is 6.52. The minimum absolute atomic E-state index is 0.0505. The van der Waals surface area contributed by atoms with E-state index < -0.39 is 0 Å². The Morgan fingerprint density at radius 2 is 2.09 bits per heavy atom. The number of hydrogen-bond donors (Lipinski definition) is 2. The third-order valence-electron chi connectivity index (χ3n) is 4.96. The molecule has 1 aromatic heterocycles. The van der Waals surface area contributed by atoms with E-state index in [1.165, 1.54) is 29.7 Å². The van der Waals surface area contributed by atoms with Gasteiger partial charge in [0, 0.05) is 17.2 Å². The molecule has 22 heavy (non-hydrogen) atoms. The van der Waals surface area contributed by atoms with Gasteiger partial charge in [-0.1, -0.05) is 24.3 Å². The van der Waals surface area contributed by atoms with Crippen LogP contribution < -0.4 is 5.32 Å². The number of H-pyrrole nitrogens is 1. The van der Waals surface area contributed by atoms with Gasteiger partial charge in [-0.2, -0.15) is 5.10 Å². The van der Waals surface area contributed by atoms with Crippen LogP contribution in [0, 0.1) is 6.92 Å². The highest BCUT2D eigenvalue weighted by molar-refractivity contribution is 5.96. The van der Waals surface area contributed by atoms with Crippen molar-refractivity contribution in [2.75, 3.05) is 5.32 Å². The van der Waals surface area contributed by atoms with E-state index in [4.69, 9.17) is 0 Å². The van der Waals surface area contributed by atoms with Crippen molar-refractivity contribution in [2.45, 2.75) is 50.9 Å². The molecule has 0 radical (unpaired) electrons. The molecule has 2 N–H and O–H groups in total. The Balaban J connectivity index is 1.56. The Morgan fingerprint density at radius 3 is 2.91 bits per heavy atom. The summed E-state index contributed by atoms with van der Waals surface area (Å²) in [6.07, 6.45) is 5.52. The van der Waals surface area contributed by atoms with Gasteiger partial charge in [-0.15, -0.1) is 0 Å². The molecule has 2 aromatic rings. The third kappa shape index (κ3) is 2.32. The first-order valence-electron chi connectivity index (χ1n) is 8.17. The highest BCUT2D eigenvalue weighted by Gasteiger charge is 2.30. The number of aromatic nitrogens is 2. The number of anilines is 1. The average molecular weight is 295 g/mol. The van der Waals surface area contributed by atoms with Crippen LogP contribution in [0.2, 0.25) is 0 Å². The summed E-state index contributed by atoms with van der Waals surface area (Å²) in [6, 6.07) is 8.31. The summed E-state index contributed by atoms with van der Waals surface area (Å²) < 4.78 is 0. The summed E-state index contributed by atoms with van der Waals surface area (Å²) >= 11 is 0. The number of fused-ring (bicyclic) bond motifs is 1. The molecule has 1 aromatic carbocycles. The van der Waals surface area contributed by atoms with Gasteiger partial charge in [0.05, 0.1) is 5.92 Å². The zero-order valence-corrected chi connectivity index (χ0v) is 12.9. The van der Waals surface area contributed by atoms with E-state index in [0.717, 1.165) is 24.8 Å². The van der Waals surface area contributed by atoms with Gasteiger partial charge in [0.25, 0.3) is 0 Å². The monoisotopic (exact) mass is 295 g/mol. The maximum atomic E-state index is 12.7. The summed E-state index contributed by atoms with van der Waals surface area (Å²) in [6.45, 7) is 2.04. The van der Waals surface area contributed by atoms with Crippen LogP contribution in [0.3, 0.4) is 0 Å². The number of aryl methyl sites for hydroxylation is 1. The average Bonchev–Trinajstić information content (AvgIpc) is 3.32. The molecule has 0 bridgehead atoms. The van der Waals surface area contributed by atoms with Gasteiger partial charge in [-0.3, -0.25) is 9.89 Å². The zero-order chi connectivity index (χ0) is 15.1. The molecule has 4 rings (SSSR count). The molecule has 1 fully saturated rings. The van der Waals surface area contributed by atoms with Crippen LogP contribution in [0.15, 0.2) is 24.3 Å². The van der Waals surface area contributed by atoms with Gasteiger partial charge in [0.1, 0.15) is 0 Å². The molecule has 2 aliphatic carbocycles. The summed E-state index contributed by atoms with van der Waals surface area (Å²) in [4.78, 5) is 12.7. The van der Waals surface area contributed by atoms with Crippen molar-refractivity contribution < 1.29 is 4.79 Å². The lowest BCUT2D eigenvalue weighted by atomic mass is 9.82. The van der Waals surface area contributed by atoms with Crippen molar-refractivity contribution >= 4 is 11.7 Å². The largest absolute Gasteiger partial charge is 0.308 e. The van der Waals surface area contributed by atoms with E-state index in [0.29, 0.717) is 11.7 Å². The van der Waals surface area contributed by atoms with Crippen LogP contribution in [0.1, 0.15) is 59.9 Å². The standard InChI is InChI=1S/C18H21N3O/c1-11-16(13-9-10-13)20-21-17(11)19-18(22)15-8-4-6-12-5-2-3-7-14(12)15/h2-3,5,7,13,15H,4,6,8-10H2,1H3,(H2,19,20,21,22)/t15-/m0/s1. The van der Waals surface area contributed by atoms with E-state index in [1.54, 1.807) is 0 Å². The number of rotatable bonds is 3. The van der Waals surface area contributed by atoms with Crippen molar-refractivity contribution in [2.24, 2.45) is 0 Å². The van der Waals surface area contributed by atoms with E-state index in [2.05, 4.69) is 33.7 Å². The van der Waals surface area contributed by atoms with Crippen LogP contribution in [0.25, 0.3) is 0 Å². The highest BCUT2D eigenvalue weighted by Crippen LogP contribution is 2.42. The fraction of sp³-hybridized carbons (Fsp3) is 0.444. The minimum Gasteiger partial charge on any atom is -0.308 e. The Labute approximate surface area is 130 Å². The molecule has 2 aliphatic rings. The fourth-order valence-electron chi connectivity index (χ4n) is 3.53. The Kier molecular flexibility index (Phi) is 3.25. The SMILES string of the molecule is Cc1c(NC(=O)[C@H]2CCCc3ccccc32)n[nH]c1C1CC1. The maximum Gasteiger partial charge on any atom is 0.233 e. The topological polar surface area (TPSA) is 57.8 Å². The lowest BCUT2D eigenvalue weighted by molar-refractivity contribution is -0.117. The number of nitrogens with one attached hydrogen (secondary N) is 2. The van der Waals surface area contributed by atoms with Crippen molar-refractivity contribution in [3.05, 3.63) is 46.6 Å². The first-order chi connectivity index (χ1) is 10.7. The van der Waals surface area contributed by atoms with Crippen molar-refractivity contribution in [3.8, 4) is 0 Å². The van der Waals surface area contributed by atoms with Gasteiger partial charge in [-0.25, -0.2) is 0 Å². The molecule has 1 heterocycles. The molecule has 0 aliphatic heterocycles. The highest BCUT2D eigenvalue weighted by atomic mass is 16.2. The van der Waals surface area contributed by atoms with Gasteiger partial charge < -0.3 is 5.32 Å². The van der Waals surface area contributed by atoms with Gasteiger partial charge >= 0.3 is 0 Å². The lowest BCUT2D eigenvalue weighted by Crippen LogP contribution is -2.25. The van der Waals surface area contributed by atoms with Crippen LogP contribution in [0.4, 0.5) is 5.82 Å². The van der Waals surface area contributed by atoms with Crippen LogP contribution in [0.5, 0.6) is 0 Å². The molecular formula is C18H21N3O. The van der Waals surface area contributed by atoms with Crippen LogP contribution >= 0.6 is 0 Å². The number of aromatic amines is 1. The lowest BCUT2D eigenvalue weighted by Gasteiger charge is -2.24. The molecule has 0 unspecified atom stereocenters. The summed E-state index contributed by atoms with van der Waals surface area (Å²) in [5, 5.41) is 10.5. The predicted octanol–water partition coefficient (Wildman–Crippen LogP) is 3.65. The molecule has 1 amide bonds. The molecule has 1 atom stereocenters. The Bertz CT molecular complexity index is 715. The van der Waals surface area contributed by atoms with Crippen LogP contribution in [-0.4, -0.2) is 16.1 Å². The Hall–Kier alpha value is -2.10. The zero-order valence-electron chi connectivity index (χ0n) is 12.9. The van der Waals surface area contributed by atoms with Gasteiger partial charge in [0.15, 0.2) is 5.82 Å². The number of nitrogens with zero attached hydrogens (tertiary/aromatic N) is 1. The number of carbonyl (C=O) groups is 1.